The molecule has 0 amide bonds. The predicted molar refractivity (Wildman–Crippen MR) is 94.9 cm³/mol. The lowest BCUT2D eigenvalue weighted by atomic mass is 10.1. The second kappa shape index (κ2) is 13.8. The minimum Gasteiger partial charge on any atom is -0.394 e. The van der Waals surface area contributed by atoms with Crippen molar-refractivity contribution in [2.24, 2.45) is 0 Å². The summed E-state index contributed by atoms with van der Waals surface area (Å²) in [6.45, 7) is 4.17. The summed E-state index contributed by atoms with van der Waals surface area (Å²) in [7, 11) is 0. The minimum atomic E-state index is -0.978. The maximum Gasteiger partial charge on any atom is 0.114 e. The molecule has 0 unspecified atom stereocenters. The third-order valence-corrected chi connectivity index (χ3v) is 4.62. The average Bonchev–Trinajstić information content (AvgIpc) is 2.92. The van der Waals surface area contributed by atoms with Crippen molar-refractivity contribution in [2.45, 2.75) is 88.6 Å². The van der Waals surface area contributed by atoms with Gasteiger partial charge < -0.3 is 24.8 Å². The Hall–Kier alpha value is -0.460. The van der Waals surface area contributed by atoms with Gasteiger partial charge in [-0.1, -0.05) is 51.0 Å². The van der Waals surface area contributed by atoms with Crippen molar-refractivity contribution in [2.75, 3.05) is 19.8 Å². The second-order valence-electron chi connectivity index (χ2n) is 6.71. The topological polar surface area (TPSA) is 79.2 Å². The number of hydrogen-bond donors (Lipinski definition) is 3. The molecule has 0 saturated carbocycles. The molecule has 24 heavy (non-hydrogen) atoms. The molecule has 3 N–H and O–H groups in total. The fraction of sp³-hybridized carbons (Fsp3) is 0.895. The maximum atomic E-state index is 9.78. The van der Waals surface area contributed by atoms with Gasteiger partial charge in [0.15, 0.2) is 0 Å². The van der Waals surface area contributed by atoms with Gasteiger partial charge in [0, 0.05) is 6.61 Å². The Balaban J connectivity index is 1.93. The van der Waals surface area contributed by atoms with Crippen LogP contribution < -0.4 is 0 Å². The van der Waals surface area contributed by atoms with Gasteiger partial charge in [-0.25, -0.2) is 0 Å². The van der Waals surface area contributed by atoms with Crippen LogP contribution in [0.25, 0.3) is 0 Å². The molecule has 0 aliphatic carbocycles. The lowest BCUT2D eigenvalue weighted by Crippen LogP contribution is -2.42. The molecule has 0 radical (unpaired) electrons. The monoisotopic (exact) mass is 344 g/mol. The molecule has 0 aromatic carbocycles. The fourth-order valence-electron chi connectivity index (χ4n) is 3.07. The number of unbranched alkanes of at least 4 members (excludes halogenated alkanes) is 9. The number of ether oxygens (including phenoxy) is 2. The van der Waals surface area contributed by atoms with E-state index in [0.29, 0.717) is 6.61 Å². The first-order chi connectivity index (χ1) is 11.7. The highest BCUT2D eigenvalue weighted by Crippen LogP contribution is 2.20. The van der Waals surface area contributed by atoms with Crippen LogP contribution in [0, 0.1) is 0 Å². The number of aliphatic hydroxyl groups is 3. The van der Waals surface area contributed by atoms with Crippen molar-refractivity contribution in [3.63, 3.8) is 0 Å². The molecule has 5 heteroatoms. The van der Waals surface area contributed by atoms with Gasteiger partial charge in [0.1, 0.15) is 24.4 Å². The third-order valence-electron chi connectivity index (χ3n) is 4.62. The lowest BCUT2D eigenvalue weighted by Gasteiger charge is -2.24. The molecule has 5 nitrogen and oxygen atoms in total. The number of allylic oxidation sites excluding steroid dienone is 1. The standard InChI is InChI=1S/C19H36O5/c1-2-3-4-5-6-7-8-9-10-11-12-13-23-17(14-20)19-18(22)16(21)15-24-19/h2,16-22H,1,3-15H2/t16-,17+,18-,19-/m0/s1. The van der Waals surface area contributed by atoms with E-state index in [9.17, 15) is 15.3 Å². The Morgan fingerprint density at radius 2 is 1.58 bits per heavy atom. The van der Waals surface area contributed by atoms with Crippen molar-refractivity contribution >= 4 is 0 Å². The summed E-state index contributed by atoms with van der Waals surface area (Å²) in [6.07, 6.45) is 11.1. The smallest absolute Gasteiger partial charge is 0.114 e. The summed E-state index contributed by atoms with van der Waals surface area (Å²) in [4.78, 5) is 0. The van der Waals surface area contributed by atoms with Gasteiger partial charge in [-0.15, -0.1) is 6.58 Å². The van der Waals surface area contributed by atoms with Gasteiger partial charge in [-0.2, -0.15) is 0 Å². The Bertz CT molecular complexity index is 310. The van der Waals surface area contributed by atoms with Gasteiger partial charge >= 0.3 is 0 Å². The fourth-order valence-corrected chi connectivity index (χ4v) is 3.07. The van der Waals surface area contributed by atoms with Crippen molar-refractivity contribution in [3.8, 4) is 0 Å². The van der Waals surface area contributed by atoms with Crippen molar-refractivity contribution in [1.29, 1.82) is 0 Å². The van der Waals surface area contributed by atoms with Crippen LogP contribution in [0.15, 0.2) is 12.7 Å². The highest BCUT2D eigenvalue weighted by Gasteiger charge is 2.40. The molecule has 1 saturated heterocycles. The van der Waals surface area contributed by atoms with Crippen LogP contribution in [-0.2, 0) is 9.47 Å². The molecular weight excluding hydrogens is 308 g/mol. The third kappa shape index (κ3) is 8.58. The van der Waals surface area contributed by atoms with Crippen LogP contribution in [0.3, 0.4) is 0 Å². The van der Waals surface area contributed by atoms with Crippen LogP contribution in [0.2, 0.25) is 0 Å². The van der Waals surface area contributed by atoms with E-state index < -0.39 is 24.4 Å². The first kappa shape index (κ1) is 21.6. The van der Waals surface area contributed by atoms with E-state index in [1.807, 2.05) is 6.08 Å². The predicted octanol–water partition coefficient (Wildman–Crippen LogP) is 2.57. The van der Waals surface area contributed by atoms with Gasteiger partial charge in [-0.3, -0.25) is 0 Å². The summed E-state index contributed by atoms with van der Waals surface area (Å²) < 4.78 is 10.9. The van der Waals surface area contributed by atoms with Crippen LogP contribution in [0.5, 0.6) is 0 Å². The summed E-state index contributed by atoms with van der Waals surface area (Å²) in [6, 6.07) is 0. The van der Waals surface area contributed by atoms with E-state index in [1.54, 1.807) is 0 Å². The number of aliphatic hydroxyl groups excluding tert-OH is 3. The molecule has 1 aliphatic rings. The first-order valence-corrected chi connectivity index (χ1v) is 9.51. The largest absolute Gasteiger partial charge is 0.394 e. The Labute approximate surface area is 146 Å². The van der Waals surface area contributed by atoms with E-state index in [4.69, 9.17) is 9.47 Å². The molecule has 142 valence electrons. The molecule has 0 spiro atoms. The van der Waals surface area contributed by atoms with Gasteiger partial charge in [0.2, 0.25) is 0 Å². The van der Waals surface area contributed by atoms with Gasteiger partial charge in [-0.05, 0) is 19.3 Å². The van der Waals surface area contributed by atoms with Crippen LogP contribution in [0.4, 0.5) is 0 Å². The summed E-state index contributed by atoms with van der Waals surface area (Å²) in [5, 5.41) is 28.6. The first-order valence-electron chi connectivity index (χ1n) is 9.51. The highest BCUT2D eigenvalue weighted by molar-refractivity contribution is 4.88. The zero-order chi connectivity index (χ0) is 17.6. The van der Waals surface area contributed by atoms with E-state index in [-0.39, 0.29) is 13.2 Å². The second-order valence-corrected chi connectivity index (χ2v) is 6.71. The molecule has 1 heterocycles. The SMILES string of the molecule is C=CCCCCCCCCCCCO[C@H](CO)[C@@H]1OC[C@H](O)[C@@H]1O. The Morgan fingerprint density at radius 3 is 2.08 bits per heavy atom. The molecule has 0 aromatic heterocycles. The Kier molecular flexibility index (Phi) is 12.4. The van der Waals surface area contributed by atoms with Crippen LogP contribution >= 0.6 is 0 Å². The van der Waals surface area contributed by atoms with E-state index in [1.165, 1.54) is 44.9 Å². The zero-order valence-corrected chi connectivity index (χ0v) is 14.9. The normalized spacial score (nSPS) is 25.0. The quantitative estimate of drug-likeness (QED) is 0.314. The summed E-state index contributed by atoms with van der Waals surface area (Å²) >= 11 is 0. The van der Waals surface area contributed by atoms with E-state index >= 15 is 0 Å². The van der Waals surface area contributed by atoms with Crippen molar-refractivity contribution < 1.29 is 24.8 Å². The Morgan fingerprint density at radius 1 is 1.00 bits per heavy atom. The number of rotatable bonds is 15. The van der Waals surface area contributed by atoms with E-state index in [2.05, 4.69) is 6.58 Å². The van der Waals surface area contributed by atoms with E-state index in [0.717, 1.165) is 19.3 Å². The lowest BCUT2D eigenvalue weighted by molar-refractivity contribution is -0.101. The molecule has 0 bridgehead atoms. The zero-order valence-electron chi connectivity index (χ0n) is 14.9. The van der Waals surface area contributed by atoms with Crippen LogP contribution in [-0.4, -0.2) is 59.6 Å². The van der Waals surface area contributed by atoms with Gasteiger partial charge in [0.05, 0.1) is 13.2 Å². The highest BCUT2D eigenvalue weighted by atomic mass is 16.6. The summed E-state index contributed by atoms with van der Waals surface area (Å²) in [5.41, 5.74) is 0. The molecule has 1 fully saturated rings. The molecule has 4 atom stereocenters. The van der Waals surface area contributed by atoms with Gasteiger partial charge in [0.25, 0.3) is 0 Å². The molecular formula is C19H36O5. The molecule has 1 aliphatic heterocycles. The average molecular weight is 344 g/mol. The van der Waals surface area contributed by atoms with Crippen LogP contribution in [0.1, 0.15) is 64.2 Å². The van der Waals surface area contributed by atoms with Crippen molar-refractivity contribution in [1.82, 2.24) is 0 Å². The molecule has 0 aromatic rings. The summed E-state index contributed by atoms with van der Waals surface area (Å²) in [5.74, 6) is 0. The number of hydrogen-bond acceptors (Lipinski definition) is 5. The van der Waals surface area contributed by atoms with Crippen molar-refractivity contribution in [3.05, 3.63) is 12.7 Å². The maximum absolute atomic E-state index is 9.78. The molecule has 1 rings (SSSR count). The minimum absolute atomic E-state index is 0.0965.